The van der Waals surface area contributed by atoms with E-state index < -0.39 is 11.9 Å². The van der Waals surface area contributed by atoms with Gasteiger partial charge in [-0.15, -0.1) is 0 Å². The van der Waals surface area contributed by atoms with Gasteiger partial charge in [-0.25, -0.2) is 24.6 Å². The minimum atomic E-state index is -4.49. The first kappa shape index (κ1) is 20.6. The van der Waals surface area contributed by atoms with Crippen LogP contribution >= 0.6 is 0 Å². The highest BCUT2D eigenvalue weighted by Crippen LogP contribution is 2.42. The van der Waals surface area contributed by atoms with Gasteiger partial charge in [-0.05, 0) is 19.8 Å². The predicted molar refractivity (Wildman–Crippen MR) is 113 cm³/mol. The second-order valence-corrected chi connectivity index (χ2v) is 9.22. The molecule has 6 rings (SSSR count). The lowest BCUT2D eigenvalue weighted by Crippen LogP contribution is -2.32. The highest BCUT2D eigenvalue weighted by molar-refractivity contribution is 5.71. The summed E-state index contributed by atoms with van der Waals surface area (Å²) in [4.78, 5) is 21.4. The predicted octanol–water partition coefficient (Wildman–Crippen LogP) is 2.62. The number of rotatable bonds is 3. The highest BCUT2D eigenvalue weighted by Gasteiger charge is 2.45. The van der Waals surface area contributed by atoms with E-state index in [4.69, 9.17) is 9.72 Å². The van der Waals surface area contributed by atoms with Gasteiger partial charge < -0.3 is 14.5 Å². The zero-order chi connectivity index (χ0) is 22.8. The molecule has 0 saturated carbocycles. The monoisotopic (exact) mass is 460 g/mol. The molecular formula is C21H23F3N8O. The summed E-state index contributed by atoms with van der Waals surface area (Å²) in [6.45, 7) is 5.68. The highest BCUT2D eigenvalue weighted by atomic mass is 19.4. The molecule has 6 heterocycles. The Morgan fingerprint density at radius 3 is 2.39 bits per heavy atom. The van der Waals surface area contributed by atoms with E-state index in [1.807, 2.05) is 9.58 Å². The summed E-state index contributed by atoms with van der Waals surface area (Å²) in [5, 5.41) is 4.43. The Morgan fingerprint density at radius 1 is 1.00 bits per heavy atom. The first-order chi connectivity index (χ1) is 15.8. The number of aromatic nitrogens is 6. The normalized spacial score (nSPS) is 23.8. The Bertz CT molecular complexity index is 1210. The van der Waals surface area contributed by atoms with Crippen LogP contribution in [0.3, 0.4) is 0 Å². The molecule has 9 nitrogen and oxygen atoms in total. The Kier molecular flexibility index (Phi) is 4.51. The number of halogens is 3. The molecule has 0 N–H and O–H groups in total. The molecule has 3 aromatic rings. The molecular weight excluding hydrogens is 437 g/mol. The van der Waals surface area contributed by atoms with E-state index in [1.54, 1.807) is 12.4 Å². The van der Waals surface area contributed by atoms with Crippen LogP contribution in [0.15, 0.2) is 18.5 Å². The molecule has 3 aliphatic heterocycles. The van der Waals surface area contributed by atoms with Crippen molar-refractivity contribution in [2.24, 2.45) is 5.41 Å². The van der Waals surface area contributed by atoms with Crippen molar-refractivity contribution < 1.29 is 17.9 Å². The van der Waals surface area contributed by atoms with Gasteiger partial charge in [-0.3, -0.25) is 0 Å². The van der Waals surface area contributed by atoms with Crippen LogP contribution in [0, 0.1) is 12.3 Å². The lowest BCUT2D eigenvalue weighted by Gasteiger charge is -2.27. The number of alkyl halides is 3. The molecule has 1 spiro atoms. The van der Waals surface area contributed by atoms with E-state index in [9.17, 15) is 13.2 Å². The average Bonchev–Trinajstić information content (AvgIpc) is 3.45. The van der Waals surface area contributed by atoms with Gasteiger partial charge >= 0.3 is 6.18 Å². The average molecular weight is 460 g/mol. The van der Waals surface area contributed by atoms with Gasteiger partial charge in [-0.2, -0.15) is 18.3 Å². The van der Waals surface area contributed by atoms with E-state index in [0.29, 0.717) is 32.1 Å². The van der Waals surface area contributed by atoms with Crippen LogP contribution in [0.25, 0.3) is 11.2 Å². The Morgan fingerprint density at radius 2 is 1.73 bits per heavy atom. The van der Waals surface area contributed by atoms with Crippen molar-refractivity contribution >= 4 is 22.8 Å². The number of hydrogen-bond acceptors (Lipinski definition) is 8. The number of nitrogens with zero attached hydrogens (tertiary/aromatic N) is 8. The summed E-state index contributed by atoms with van der Waals surface area (Å²) in [7, 11) is 0. The molecule has 0 radical (unpaired) electrons. The summed E-state index contributed by atoms with van der Waals surface area (Å²) in [5.41, 5.74) is 0.601. The van der Waals surface area contributed by atoms with Gasteiger partial charge in [0.1, 0.15) is 34.7 Å². The molecule has 0 aromatic carbocycles. The van der Waals surface area contributed by atoms with Gasteiger partial charge in [0.2, 0.25) is 0 Å². The molecule has 12 heteroatoms. The van der Waals surface area contributed by atoms with Gasteiger partial charge in [0.25, 0.3) is 0 Å². The van der Waals surface area contributed by atoms with Gasteiger partial charge in [0.15, 0.2) is 5.65 Å². The standard InChI is InChI=1S/C21H23F3N8O/c1-13-27-16(21(22,23)24)6-17(28-13)30-4-2-20(11-30)3-5-31(12-20)18-8-25-15-7-26-32(19(15)29-18)14-9-33-10-14/h6-8,14H,2-5,9-12H2,1H3. The first-order valence-corrected chi connectivity index (χ1v) is 11.0. The van der Waals surface area contributed by atoms with Crippen LogP contribution in [-0.4, -0.2) is 69.1 Å². The molecule has 1 unspecified atom stereocenters. The number of aryl methyl sites for hydroxylation is 1. The number of hydrogen-bond donors (Lipinski definition) is 0. The van der Waals surface area contributed by atoms with Crippen molar-refractivity contribution in [1.82, 2.24) is 29.7 Å². The number of anilines is 2. The largest absolute Gasteiger partial charge is 0.433 e. The lowest BCUT2D eigenvalue weighted by molar-refractivity contribution is -0.141. The summed E-state index contributed by atoms with van der Waals surface area (Å²) in [6.07, 6.45) is 0.847. The summed E-state index contributed by atoms with van der Waals surface area (Å²) in [6, 6.07) is 1.25. The molecule has 3 aromatic heterocycles. The molecule has 3 fully saturated rings. The maximum Gasteiger partial charge on any atom is 0.433 e. The summed E-state index contributed by atoms with van der Waals surface area (Å²) in [5.74, 6) is 1.28. The van der Waals surface area contributed by atoms with E-state index in [2.05, 4.69) is 25.0 Å². The van der Waals surface area contributed by atoms with Crippen LogP contribution in [-0.2, 0) is 10.9 Å². The zero-order valence-corrected chi connectivity index (χ0v) is 18.1. The molecule has 0 aliphatic carbocycles. The van der Waals surface area contributed by atoms with E-state index >= 15 is 0 Å². The molecule has 1 atom stereocenters. The van der Waals surface area contributed by atoms with Gasteiger partial charge in [0, 0.05) is 37.7 Å². The summed E-state index contributed by atoms with van der Waals surface area (Å²) < 4.78 is 46.8. The van der Waals surface area contributed by atoms with Crippen LogP contribution in [0.1, 0.15) is 30.4 Å². The first-order valence-electron chi connectivity index (χ1n) is 11.0. The third-order valence-electron chi connectivity index (χ3n) is 6.90. The smallest absolute Gasteiger partial charge is 0.377 e. The minimum absolute atomic E-state index is 0.0179. The lowest BCUT2D eigenvalue weighted by atomic mass is 9.86. The van der Waals surface area contributed by atoms with Crippen molar-refractivity contribution in [3.63, 3.8) is 0 Å². The summed E-state index contributed by atoms with van der Waals surface area (Å²) >= 11 is 0. The van der Waals surface area contributed by atoms with E-state index in [-0.39, 0.29) is 17.3 Å². The van der Waals surface area contributed by atoms with E-state index in [0.717, 1.165) is 49.0 Å². The second kappa shape index (κ2) is 7.24. The molecule has 0 bridgehead atoms. The van der Waals surface area contributed by atoms with Crippen molar-refractivity contribution in [2.45, 2.75) is 32.0 Å². The molecule has 3 aliphatic rings. The van der Waals surface area contributed by atoms with Crippen LogP contribution in [0.4, 0.5) is 24.8 Å². The fraction of sp³-hybridized carbons (Fsp3) is 0.571. The topological polar surface area (TPSA) is 85.1 Å². The van der Waals surface area contributed by atoms with Crippen LogP contribution in [0.2, 0.25) is 0 Å². The maximum absolute atomic E-state index is 13.2. The zero-order valence-electron chi connectivity index (χ0n) is 18.1. The molecule has 174 valence electrons. The second-order valence-electron chi connectivity index (χ2n) is 9.22. The number of fused-ring (bicyclic) bond motifs is 1. The van der Waals surface area contributed by atoms with Crippen LogP contribution < -0.4 is 9.80 Å². The Balaban J connectivity index is 1.21. The van der Waals surface area contributed by atoms with Gasteiger partial charge in [0.05, 0.1) is 25.6 Å². The fourth-order valence-electron chi connectivity index (χ4n) is 5.05. The SMILES string of the molecule is Cc1nc(N2CCC3(CCN(c4cnc5cnn(C6COC6)c5n4)C3)C2)cc(C(F)(F)F)n1. The number of ether oxygens (including phenoxy) is 1. The minimum Gasteiger partial charge on any atom is -0.377 e. The molecule has 0 amide bonds. The fourth-order valence-corrected chi connectivity index (χ4v) is 5.05. The van der Waals surface area contributed by atoms with Crippen molar-refractivity contribution in [1.29, 1.82) is 0 Å². The van der Waals surface area contributed by atoms with Gasteiger partial charge in [-0.1, -0.05) is 0 Å². The molecule has 3 saturated heterocycles. The van der Waals surface area contributed by atoms with Crippen molar-refractivity contribution in [3.8, 4) is 0 Å². The van der Waals surface area contributed by atoms with Crippen molar-refractivity contribution in [3.05, 3.63) is 30.0 Å². The Labute approximate surface area is 187 Å². The van der Waals surface area contributed by atoms with E-state index in [1.165, 1.54) is 6.92 Å². The molecule has 33 heavy (non-hydrogen) atoms. The third kappa shape index (κ3) is 3.56. The quantitative estimate of drug-likeness (QED) is 0.590. The Hall–Kier alpha value is -3.02. The maximum atomic E-state index is 13.2. The van der Waals surface area contributed by atoms with Crippen molar-refractivity contribution in [2.75, 3.05) is 49.2 Å². The third-order valence-corrected chi connectivity index (χ3v) is 6.90. The van der Waals surface area contributed by atoms with Crippen LogP contribution in [0.5, 0.6) is 0 Å².